The second-order valence-corrected chi connectivity index (χ2v) is 8.04. The zero-order valence-corrected chi connectivity index (χ0v) is 15.0. The molecule has 2 bridgehead atoms. The van der Waals surface area contributed by atoms with Crippen molar-refractivity contribution in [3.63, 3.8) is 0 Å². The molecule has 0 aromatic carbocycles. The third kappa shape index (κ3) is 3.27. The van der Waals surface area contributed by atoms with E-state index in [2.05, 4.69) is 20.8 Å². The molecule has 2 N–H and O–H groups in total. The normalized spacial score (nSPS) is 39.2. The van der Waals surface area contributed by atoms with Crippen molar-refractivity contribution in [1.82, 2.24) is 4.90 Å². The largest absolute Gasteiger partial charge is 0.479 e. The molecule has 25 heavy (non-hydrogen) atoms. The Labute approximate surface area is 147 Å². The Morgan fingerprint density at radius 1 is 1.32 bits per heavy atom. The Kier molecular flexibility index (Phi) is 4.58. The van der Waals surface area contributed by atoms with Crippen LogP contribution < -0.4 is 0 Å². The van der Waals surface area contributed by atoms with Gasteiger partial charge in [0, 0.05) is 0 Å². The molecule has 2 atom stereocenters. The molecule has 5 fully saturated rings. The van der Waals surface area contributed by atoms with Gasteiger partial charge in [-0.1, -0.05) is 0 Å². The van der Waals surface area contributed by atoms with Gasteiger partial charge in [0.05, 0.1) is 24.2 Å². The van der Waals surface area contributed by atoms with Crippen LogP contribution in [0.25, 0.3) is 0 Å². The molecule has 7 heteroatoms. The van der Waals surface area contributed by atoms with E-state index in [4.69, 9.17) is 19.7 Å². The van der Waals surface area contributed by atoms with Crippen LogP contribution in [0, 0.1) is 5.92 Å². The number of carbonyl (C=O) groups excluding carboxylic acids is 1. The second-order valence-electron chi connectivity index (χ2n) is 8.04. The number of amides is 1. The van der Waals surface area contributed by atoms with E-state index < -0.39 is 18.2 Å². The van der Waals surface area contributed by atoms with Gasteiger partial charge in [-0.25, -0.2) is 4.79 Å². The lowest BCUT2D eigenvalue weighted by molar-refractivity contribution is -0.229. The number of hydrogen-bond donors (Lipinski definition) is 2. The number of ether oxygens (including phenoxy) is 2. The molecule has 0 spiro atoms. The van der Waals surface area contributed by atoms with Crippen LogP contribution in [-0.4, -0.2) is 57.1 Å². The number of nitrogens with zero attached hydrogens (tertiary/aromatic N) is 1. The maximum absolute atomic E-state index is 11.1. The predicted octanol–water partition coefficient (Wildman–Crippen LogP) is 1.65. The van der Waals surface area contributed by atoms with E-state index in [1.165, 1.54) is 36.7 Å². The number of aliphatic hydroxyl groups is 1. The molecule has 5 rings (SSSR count). The molecule has 7 nitrogen and oxygen atoms in total. The summed E-state index contributed by atoms with van der Waals surface area (Å²) in [4.78, 5) is 23.1. The number of carboxylic acid groups (broad SMARTS) is 1. The van der Waals surface area contributed by atoms with Crippen molar-refractivity contribution >= 4 is 11.9 Å². The van der Waals surface area contributed by atoms with Gasteiger partial charge in [-0.05, 0) is 58.4 Å². The Morgan fingerprint density at radius 2 is 1.96 bits per heavy atom. The third-order valence-electron chi connectivity index (χ3n) is 5.83. The highest BCUT2D eigenvalue weighted by Crippen LogP contribution is 2.49. The smallest absolute Gasteiger partial charge is 0.334 e. The first-order valence-electron chi connectivity index (χ1n) is 8.88. The highest BCUT2D eigenvalue weighted by molar-refractivity contribution is 5.91. The van der Waals surface area contributed by atoms with Crippen molar-refractivity contribution in [3.05, 3.63) is 11.8 Å². The number of carboxylic acids is 1. The van der Waals surface area contributed by atoms with Gasteiger partial charge in [-0.3, -0.25) is 9.69 Å². The lowest BCUT2D eigenvalue weighted by atomic mass is 9.69. The van der Waals surface area contributed by atoms with Crippen LogP contribution in [0.1, 0.15) is 52.9 Å². The van der Waals surface area contributed by atoms with Crippen LogP contribution in [0.15, 0.2) is 11.8 Å². The molecule has 0 unspecified atom stereocenters. The number of aliphatic carboxylic acids is 1. The summed E-state index contributed by atoms with van der Waals surface area (Å²) in [5, 5.41) is 17.5. The molecule has 4 saturated heterocycles. The van der Waals surface area contributed by atoms with Gasteiger partial charge < -0.3 is 19.7 Å². The lowest BCUT2D eigenvalue weighted by Gasteiger charge is -2.54. The monoisotopic (exact) mass is 353 g/mol. The zero-order chi connectivity index (χ0) is 18.4. The molecule has 5 aliphatic rings. The minimum absolute atomic E-state index is 0.149. The highest BCUT2D eigenvalue weighted by Gasteiger charge is 2.53. The first-order valence-corrected chi connectivity index (χ1v) is 8.88. The maximum Gasteiger partial charge on any atom is 0.334 e. The molecule has 1 saturated carbocycles. The summed E-state index contributed by atoms with van der Waals surface area (Å²) >= 11 is 0. The van der Waals surface area contributed by atoms with Crippen LogP contribution in [-0.2, 0) is 19.1 Å². The summed E-state index contributed by atoms with van der Waals surface area (Å²) in [7, 11) is 0. The molecule has 0 aromatic heterocycles. The van der Waals surface area contributed by atoms with E-state index in [-0.39, 0.29) is 35.9 Å². The Bertz CT molecular complexity index is 588. The molecule has 4 aliphatic heterocycles. The molecule has 4 heterocycles. The van der Waals surface area contributed by atoms with E-state index in [0.29, 0.717) is 0 Å². The number of β-lactam (4-membered cyclic amide) rings is 1. The van der Waals surface area contributed by atoms with Gasteiger partial charge in [0.2, 0.25) is 5.91 Å². The van der Waals surface area contributed by atoms with E-state index >= 15 is 0 Å². The van der Waals surface area contributed by atoms with Crippen LogP contribution in [0.5, 0.6) is 0 Å². The number of carbonyl (C=O) groups is 2. The molecule has 0 radical (unpaired) electrons. The maximum atomic E-state index is 11.1. The molecule has 1 amide bonds. The fourth-order valence-corrected chi connectivity index (χ4v) is 4.40. The van der Waals surface area contributed by atoms with Gasteiger partial charge in [-0.2, -0.15) is 0 Å². The minimum Gasteiger partial charge on any atom is -0.479 e. The van der Waals surface area contributed by atoms with E-state index in [0.717, 1.165) is 5.92 Å². The number of fused-ring (bicyclic) bond motifs is 4. The number of rotatable bonds is 2. The third-order valence-corrected chi connectivity index (χ3v) is 5.83. The summed E-state index contributed by atoms with van der Waals surface area (Å²) in [6.45, 7) is 6.46. The summed E-state index contributed by atoms with van der Waals surface area (Å²) in [6.07, 6.45) is 6.34. The van der Waals surface area contributed by atoms with Crippen molar-refractivity contribution in [2.24, 2.45) is 5.92 Å². The van der Waals surface area contributed by atoms with Gasteiger partial charge in [-0.15, -0.1) is 0 Å². The summed E-state index contributed by atoms with van der Waals surface area (Å²) in [6, 6.07) is -1.06. The summed E-state index contributed by atoms with van der Waals surface area (Å²) < 4.78 is 11.2. The Hall–Kier alpha value is -1.60. The van der Waals surface area contributed by atoms with Crippen molar-refractivity contribution in [3.8, 4) is 0 Å². The molecular formula is C18H27NO6. The first kappa shape index (κ1) is 18.2. The van der Waals surface area contributed by atoms with Gasteiger partial charge >= 0.3 is 5.97 Å². The molecule has 1 aliphatic carbocycles. The first-order chi connectivity index (χ1) is 11.7. The van der Waals surface area contributed by atoms with Crippen molar-refractivity contribution in [2.45, 2.75) is 76.3 Å². The number of hydrogen-bond acceptors (Lipinski definition) is 5. The van der Waals surface area contributed by atoms with Crippen LogP contribution in [0.2, 0.25) is 0 Å². The van der Waals surface area contributed by atoms with Crippen LogP contribution >= 0.6 is 0 Å². The predicted molar refractivity (Wildman–Crippen MR) is 88.5 cm³/mol. The second kappa shape index (κ2) is 6.29. The van der Waals surface area contributed by atoms with Crippen molar-refractivity contribution in [1.29, 1.82) is 0 Å². The Balaban J connectivity index is 0.000000150. The fourth-order valence-electron chi connectivity index (χ4n) is 4.40. The Morgan fingerprint density at radius 3 is 2.36 bits per heavy atom. The average molecular weight is 353 g/mol. The van der Waals surface area contributed by atoms with Gasteiger partial charge in [0.25, 0.3) is 0 Å². The van der Waals surface area contributed by atoms with Crippen molar-refractivity contribution < 1.29 is 29.3 Å². The molecule has 140 valence electrons. The van der Waals surface area contributed by atoms with Gasteiger partial charge in [0.15, 0.2) is 12.3 Å². The lowest BCUT2D eigenvalue weighted by Crippen LogP contribution is -2.54. The minimum atomic E-state index is -1.14. The van der Waals surface area contributed by atoms with Gasteiger partial charge in [0.1, 0.15) is 5.76 Å². The summed E-state index contributed by atoms with van der Waals surface area (Å²) in [5.74, 6) is -0.399. The van der Waals surface area contributed by atoms with Crippen molar-refractivity contribution in [2.75, 3.05) is 6.61 Å². The SMILES string of the molecule is CC12CCC(CC1)C(C)(C)O2.O=C(O)[C@H]1/C(=C/CO)O[C@@H]2CC(=O)N21. The zero-order valence-electron chi connectivity index (χ0n) is 15.0. The fraction of sp³-hybridized carbons (Fsp3) is 0.778. The topological polar surface area (TPSA) is 96.3 Å². The number of aliphatic hydroxyl groups excluding tert-OH is 1. The molecule has 0 aromatic rings. The molecular weight excluding hydrogens is 326 g/mol. The van der Waals surface area contributed by atoms with E-state index in [9.17, 15) is 9.59 Å². The highest BCUT2D eigenvalue weighted by atomic mass is 16.5. The average Bonchev–Trinajstić information content (AvgIpc) is 2.80. The van der Waals surface area contributed by atoms with E-state index in [1.54, 1.807) is 0 Å². The summed E-state index contributed by atoms with van der Waals surface area (Å²) in [5.41, 5.74) is 0.378. The standard InChI is InChI=1S/C10H18O.C8H9NO5/c1-9(2)8-4-6-10(3,11-9)7-5-8;10-2-1-4-7(8(12)13)9-5(11)3-6(9)14-4/h8H,4-7H2,1-3H3;1,6-7,10H,2-3H2,(H,12,13)/b;4-1-/t;6-,7-/m.1/s1. The quantitative estimate of drug-likeness (QED) is 0.733. The van der Waals surface area contributed by atoms with Crippen LogP contribution in [0.4, 0.5) is 0 Å². The van der Waals surface area contributed by atoms with Crippen LogP contribution in [0.3, 0.4) is 0 Å². The van der Waals surface area contributed by atoms with E-state index in [1.807, 2.05) is 0 Å².